The lowest BCUT2D eigenvalue weighted by molar-refractivity contribution is 0.105. The van der Waals surface area contributed by atoms with Crippen LogP contribution < -0.4 is 10.2 Å². The van der Waals surface area contributed by atoms with Gasteiger partial charge in [0, 0.05) is 48.9 Å². The highest BCUT2D eigenvalue weighted by molar-refractivity contribution is 5.83. The number of nitrogens with one attached hydrogen (secondary N) is 2. The minimum absolute atomic E-state index is 0.167. The molecule has 10 nitrogen and oxygen atoms in total. The third-order valence-corrected chi connectivity index (χ3v) is 5.66. The quantitative estimate of drug-likeness (QED) is 0.413. The molecule has 1 saturated heterocycles. The van der Waals surface area contributed by atoms with Crippen LogP contribution in [-0.2, 0) is 4.74 Å². The predicted molar refractivity (Wildman–Crippen MR) is 129 cm³/mol. The number of hydrogen-bond donors (Lipinski definition) is 3. The summed E-state index contributed by atoms with van der Waals surface area (Å²) in [5, 5.41) is 21.3. The number of fused-ring (bicyclic) bond motifs is 1. The van der Waals surface area contributed by atoms with Crippen molar-refractivity contribution >= 4 is 34.4 Å². The van der Waals surface area contributed by atoms with Crippen LogP contribution in [0.3, 0.4) is 0 Å². The van der Waals surface area contributed by atoms with Gasteiger partial charge in [-0.15, -0.1) is 0 Å². The van der Waals surface area contributed by atoms with Crippen LogP contribution in [0.5, 0.6) is 5.75 Å². The first-order valence-corrected chi connectivity index (χ1v) is 11.1. The highest BCUT2D eigenvalue weighted by Gasteiger charge is 2.24. The number of aromatic amines is 1. The number of phenols is 1. The molecule has 1 amide bonds. The van der Waals surface area contributed by atoms with E-state index in [4.69, 9.17) is 14.7 Å². The van der Waals surface area contributed by atoms with Gasteiger partial charge in [0.25, 0.3) is 0 Å². The number of anilines is 3. The molecule has 3 heterocycles. The summed E-state index contributed by atoms with van der Waals surface area (Å²) in [6.07, 6.45) is 1.47. The zero-order valence-corrected chi connectivity index (χ0v) is 18.7. The van der Waals surface area contributed by atoms with Crippen LogP contribution in [0.2, 0.25) is 0 Å². The first-order chi connectivity index (χ1) is 16.6. The van der Waals surface area contributed by atoms with Gasteiger partial charge in [-0.1, -0.05) is 12.1 Å². The SMILES string of the molecule is CCOC(=O)N1CCN(c2nc(Nc3ccc4[nH]ncc4c3)cc(-c3cccc(O)c3)n2)CC1. The Labute approximate surface area is 196 Å². The largest absolute Gasteiger partial charge is 0.508 e. The van der Waals surface area contributed by atoms with Crippen LogP contribution in [0.1, 0.15) is 6.92 Å². The van der Waals surface area contributed by atoms with Crippen molar-refractivity contribution in [3.05, 3.63) is 54.7 Å². The van der Waals surface area contributed by atoms with E-state index in [1.165, 1.54) is 0 Å². The van der Waals surface area contributed by atoms with E-state index in [0.29, 0.717) is 50.2 Å². The Balaban J connectivity index is 1.44. The summed E-state index contributed by atoms with van der Waals surface area (Å²) >= 11 is 0. The molecular formula is C24H25N7O3. The van der Waals surface area contributed by atoms with Crippen molar-refractivity contribution in [2.75, 3.05) is 43.0 Å². The standard InChI is InChI=1S/C24H25N7O3/c1-2-34-24(33)31-10-8-30(9-11-31)23-27-21(16-4-3-5-19(32)13-16)14-22(28-23)26-18-6-7-20-17(12-18)15-25-29-20/h3-7,12-15,32H,2,8-11H2,1H3,(H,25,29)(H,26,27,28). The number of aromatic nitrogens is 4. The maximum atomic E-state index is 12.1. The number of nitrogens with zero attached hydrogens (tertiary/aromatic N) is 5. The average Bonchev–Trinajstić information content (AvgIpc) is 3.32. The first kappa shape index (κ1) is 21.5. The fourth-order valence-electron chi connectivity index (χ4n) is 3.93. The molecule has 0 radical (unpaired) electrons. The normalized spacial score (nSPS) is 13.8. The Morgan fingerprint density at radius 3 is 2.76 bits per heavy atom. The van der Waals surface area contributed by atoms with Gasteiger partial charge in [-0.3, -0.25) is 5.10 Å². The highest BCUT2D eigenvalue weighted by atomic mass is 16.6. The molecule has 0 bridgehead atoms. The van der Waals surface area contributed by atoms with E-state index in [2.05, 4.69) is 15.5 Å². The lowest BCUT2D eigenvalue weighted by Crippen LogP contribution is -2.49. The Kier molecular flexibility index (Phi) is 5.86. The second-order valence-electron chi connectivity index (χ2n) is 7.96. The zero-order chi connectivity index (χ0) is 23.5. The maximum absolute atomic E-state index is 12.1. The lowest BCUT2D eigenvalue weighted by Gasteiger charge is -2.34. The van der Waals surface area contributed by atoms with Crippen LogP contribution in [0, 0.1) is 0 Å². The molecule has 0 aliphatic carbocycles. The molecule has 0 spiro atoms. The van der Waals surface area contributed by atoms with Crippen molar-refractivity contribution in [3.63, 3.8) is 0 Å². The maximum Gasteiger partial charge on any atom is 0.409 e. The van der Waals surface area contributed by atoms with E-state index in [9.17, 15) is 9.90 Å². The van der Waals surface area contributed by atoms with Gasteiger partial charge in [-0.2, -0.15) is 10.1 Å². The number of ether oxygens (including phenoxy) is 1. The number of rotatable bonds is 5. The molecule has 1 aliphatic rings. The number of aromatic hydroxyl groups is 1. The summed E-state index contributed by atoms with van der Waals surface area (Å²) in [5.41, 5.74) is 3.28. The Morgan fingerprint density at radius 1 is 1.12 bits per heavy atom. The third-order valence-electron chi connectivity index (χ3n) is 5.66. The molecule has 174 valence electrons. The van der Waals surface area contributed by atoms with Crippen LogP contribution in [0.4, 0.5) is 22.2 Å². The number of amides is 1. The number of benzene rings is 2. The van der Waals surface area contributed by atoms with Crippen molar-refractivity contribution in [3.8, 4) is 17.0 Å². The minimum atomic E-state index is -0.298. The number of phenolic OH excluding ortho intramolecular Hbond substituents is 1. The van der Waals surface area contributed by atoms with E-state index in [0.717, 1.165) is 22.2 Å². The molecule has 4 aromatic rings. The summed E-state index contributed by atoms with van der Waals surface area (Å²) in [5.74, 6) is 1.34. The van der Waals surface area contributed by atoms with Gasteiger partial charge in [0.15, 0.2) is 0 Å². The van der Waals surface area contributed by atoms with Crippen molar-refractivity contribution < 1.29 is 14.6 Å². The molecule has 3 N–H and O–H groups in total. The van der Waals surface area contributed by atoms with E-state index in [-0.39, 0.29) is 11.8 Å². The van der Waals surface area contributed by atoms with Gasteiger partial charge in [0.05, 0.1) is 24.0 Å². The third kappa shape index (κ3) is 4.56. The number of carbonyl (C=O) groups excluding carboxylic acids is 1. The van der Waals surface area contributed by atoms with Gasteiger partial charge < -0.3 is 25.0 Å². The molecule has 1 fully saturated rings. The summed E-state index contributed by atoms with van der Waals surface area (Å²) in [4.78, 5) is 25.3. The lowest BCUT2D eigenvalue weighted by atomic mass is 10.1. The highest BCUT2D eigenvalue weighted by Crippen LogP contribution is 2.28. The van der Waals surface area contributed by atoms with Gasteiger partial charge in [-0.25, -0.2) is 9.78 Å². The average molecular weight is 460 g/mol. The predicted octanol–water partition coefficient (Wildman–Crippen LogP) is 3.75. The number of H-pyrrole nitrogens is 1. The van der Waals surface area contributed by atoms with E-state index >= 15 is 0 Å². The van der Waals surface area contributed by atoms with E-state index in [1.54, 1.807) is 36.2 Å². The molecule has 2 aromatic heterocycles. The second kappa shape index (κ2) is 9.26. The Hall–Kier alpha value is -4.34. The molecule has 2 aromatic carbocycles. The van der Waals surface area contributed by atoms with Crippen LogP contribution in [-0.4, -0.2) is 69.1 Å². The molecule has 5 rings (SSSR count). The van der Waals surface area contributed by atoms with Crippen LogP contribution in [0.15, 0.2) is 54.7 Å². The molecule has 0 unspecified atom stereocenters. The molecule has 34 heavy (non-hydrogen) atoms. The van der Waals surface area contributed by atoms with Crippen molar-refractivity contribution in [1.29, 1.82) is 0 Å². The van der Waals surface area contributed by atoms with Crippen molar-refractivity contribution in [2.45, 2.75) is 6.92 Å². The summed E-state index contributed by atoms with van der Waals surface area (Å²) in [6.45, 7) is 4.38. The molecule has 0 saturated carbocycles. The zero-order valence-electron chi connectivity index (χ0n) is 18.7. The summed E-state index contributed by atoms with van der Waals surface area (Å²) < 4.78 is 5.12. The number of hydrogen-bond acceptors (Lipinski definition) is 8. The topological polar surface area (TPSA) is 120 Å². The Bertz CT molecular complexity index is 1310. The number of piperazine rings is 1. The monoisotopic (exact) mass is 459 g/mol. The molecule has 10 heteroatoms. The van der Waals surface area contributed by atoms with Gasteiger partial charge in [0.2, 0.25) is 5.95 Å². The summed E-state index contributed by atoms with van der Waals surface area (Å²) in [7, 11) is 0. The first-order valence-electron chi connectivity index (χ1n) is 11.1. The van der Waals surface area contributed by atoms with E-state index < -0.39 is 0 Å². The van der Waals surface area contributed by atoms with Gasteiger partial charge >= 0.3 is 6.09 Å². The second-order valence-corrected chi connectivity index (χ2v) is 7.96. The molecule has 1 aliphatic heterocycles. The van der Waals surface area contributed by atoms with Crippen LogP contribution in [0.25, 0.3) is 22.2 Å². The van der Waals surface area contributed by atoms with Crippen molar-refractivity contribution in [1.82, 2.24) is 25.1 Å². The molecule has 0 atom stereocenters. The van der Waals surface area contributed by atoms with Crippen LogP contribution >= 0.6 is 0 Å². The summed E-state index contributed by atoms with van der Waals surface area (Å²) in [6, 6.07) is 14.7. The van der Waals surface area contributed by atoms with E-state index in [1.807, 2.05) is 35.2 Å². The van der Waals surface area contributed by atoms with Crippen molar-refractivity contribution in [2.24, 2.45) is 0 Å². The van der Waals surface area contributed by atoms with Gasteiger partial charge in [-0.05, 0) is 37.3 Å². The fourth-order valence-corrected chi connectivity index (χ4v) is 3.93. The molecular weight excluding hydrogens is 434 g/mol. The minimum Gasteiger partial charge on any atom is -0.508 e. The smallest absolute Gasteiger partial charge is 0.409 e. The Morgan fingerprint density at radius 2 is 1.97 bits per heavy atom. The fraction of sp³-hybridized carbons (Fsp3) is 0.250. The van der Waals surface area contributed by atoms with Gasteiger partial charge in [0.1, 0.15) is 11.6 Å². The number of carbonyl (C=O) groups is 1.